The Hall–Kier alpha value is -4.98. The molecule has 0 aliphatic carbocycles. The maximum absolute atomic E-state index is 14.2. The Kier molecular flexibility index (Phi) is 10.0. The van der Waals surface area contributed by atoms with Gasteiger partial charge < -0.3 is 14.8 Å². The van der Waals surface area contributed by atoms with Crippen molar-refractivity contribution in [2.24, 2.45) is 0 Å². The summed E-state index contributed by atoms with van der Waals surface area (Å²) in [6, 6.07) is 20.8. The Morgan fingerprint density at radius 2 is 1.71 bits per heavy atom. The Bertz CT molecular complexity index is 1780. The van der Waals surface area contributed by atoms with E-state index in [9.17, 15) is 31.9 Å². The van der Waals surface area contributed by atoms with Crippen LogP contribution < -0.4 is 11.0 Å². The average molecular weight is 670 g/mol. The van der Waals surface area contributed by atoms with Gasteiger partial charge in [-0.05, 0) is 54.2 Å². The summed E-state index contributed by atoms with van der Waals surface area (Å²) in [5, 5.41) is 8.72. The summed E-state index contributed by atoms with van der Waals surface area (Å²) in [5.74, 6) is -0.550. The van der Waals surface area contributed by atoms with Gasteiger partial charge in [-0.15, -0.1) is 0 Å². The Labute approximate surface area is 273 Å². The number of likely N-dealkylation sites (N-methyl/N-ethyl adjacent to an activating group) is 1. The summed E-state index contributed by atoms with van der Waals surface area (Å²) >= 11 is 0. The fraction of sp³-hybridized carbons (Fsp3) is 0.353. The molecule has 4 aromatic rings. The first-order chi connectivity index (χ1) is 22.9. The lowest BCUT2D eigenvalue weighted by molar-refractivity contribution is -0.140. The van der Waals surface area contributed by atoms with Crippen molar-refractivity contribution in [2.45, 2.75) is 56.4 Å². The highest BCUT2D eigenvalue weighted by atomic mass is 19.4. The van der Waals surface area contributed by atoms with Crippen LogP contribution in [0.25, 0.3) is 0 Å². The highest BCUT2D eigenvalue weighted by Crippen LogP contribution is 2.45. The van der Waals surface area contributed by atoms with Crippen LogP contribution in [0, 0.1) is 0 Å². The van der Waals surface area contributed by atoms with Crippen LogP contribution in [-0.4, -0.2) is 51.9 Å². The van der Waals surface area contributed by atoms with Gasteiger partial charge in [-0.1, -0.05) is 66.7 Å². The van der Waals surface area contributed by atoms with Gasteiger partial charge in [0.05, 0.1) is 30.4 Å². The molecule has 2 heterocycles. The van der Waals surface area contributed by atoms with Gasteiger partial charge in [-0.2, -0.15) is 18.3 Å². The number of rotatable bonds is 10. The van der Waals surface area contributed by atoms with Gasteiger partial charge in [0.15, 0.2) is 0 Å². The third-order valence-electron chi connectivity index (χ3n) is 8.83. The van der Waals surface area contributed by atoms with E-state index in [2.05, 4.69) is 15.5 Å². The molecule has 0 bridgehead atoms. The molecule has 2 amide bonds. The van der Waals surface area contributed by atoms with Crippen LogP contribution in [0.4, 0.5) is 22.4 Å². The van der Waals surface area contributed by atoms with Gasteiger partial charge >= 0.3 is 18.0 Å². The predicted molar refractivity (Wildman–Crippen MR) is 166 cm³/mol. The number of hydrogen-bond acceptors (Lipinski definition) is 6. The fourth-order valence-corrected chi connectivity index (χ4v) is 6.19. The van der Waals surface area contributed by atoms with Gasteiger partial charge in [-0.25, -0.2) is 19.1 Å². The zero-order valence-electron chi connectivity index (χ0n) is 26.3. The van der Waals surface area contributed by atoms with Crippen LogP contribution >= 0.6 is 0 Å². The maximum atomic E-state index is 14.2. The topological polar surface area (TPSA) is 119 Å². The van der Waals surface area contributed by atoms with Crippen molar-refractivity contribution in [1.29, 1.82) is 0 Å². The number of H-pyrrole nitrogens is 1. The first kappa shape index (κ1) is 34.4. The van der Waals surface area contributed by atoms with Gasteiger partial charge in [0.25, 0.3) is 0 Å². The van der Waals surface area contributed by atoms with Crippen LogP contribution in [0.1, 0.15) is 53.7 Å². The number of hydrogen-bond donors (Lipinski definition) is 2. The molecule has 1 saturated heterocycles. The SMILES string of the molecule is CNC(=O)C1(n2cn[nH]c2=O)CC[C@@](CO[C@H](C)c2cc(CF)cc(C(F)(F)F)c2)(c2ccccc2)N(C(=O)OCc2ccccc2)C1. The molecule has 5 rings (SSSR count). The van der Waals surface area contributed by atoms with Gasteiger partial charge in [0.1, 0.15) is 25.1 Å². The molecule has 48 heavy (non-hydrogen) atoms. The number of alkyl halides is 4. The first-order valence-electron chi connectivity index (χ1n) is 15.2. The zero-order valence-corrected chi connectivity index (χ0v) is 26.3. The minimum absolute atomic E-state index is 0.0385. The molecule has 2 N–H and O–H groups in total. The number of ether oxygens (including phenoxy) is 2. The number of amides is 2. The smallest absolute Gasteiger partial charge is 0.416 e. The van der Waals surface area contributed by atoms with Crippen molar-refractivity contribution in [3.8, 4) is 0 Å². The summed E-state index contributed by atoms with van der Waals surface area (Å²) in [6.07, 6.45) is -5.20. The summed E-state index contributed by atoms with van der Waals surface area (Å²) in [6.45, 7) is -0.260. The number of nitrogens with zero attached hydrogens (tertiary/aromatic N) is 3. The molecule has 14 heteroatoms. The monoisotopic (exact) mass is 669 g/mol. The Morgan fingerprint density at radius 1 is 1.02 bits per heavy atom. The molecule has 0 radical (unpaired) electrons. The number of piperidine rings is 1. The van der Waals surface area contributed by atoms with Crippen LogP contribution in [0.5, 0.6) is 0 Å². The largest absolute Gasteiger partial charge is 0.445 e. The molecule has 3 aromatic carbocycles. The molecule has 1 aromatic heterocycles. The van der Waals surface area contributed by atoms with Crippen molar-refractivity contribution in [2.75, 3.05) is 20.2 Å². The van der Waals surface area contributed by atoms with Crippen molar-refractivity contribution >= 4 is 12.0 Å². The summed E-state index contributed by atoms with van der Waals surface area (Å²) in [7, 11) is 1.41. The van der Waals surface area contributed by atoms with Crippen LogP contribution in [0.15, 0.2) is 90.0 Å². The van der Waals surface area contributed by atoms with Gasteiger partial charge in [0.2, 0.25) is 5.91 Å². The first-order valence-corrected chi connectivity index (χ1v) is 15.2. The molecule has 1 aliphatic heterocycles. The highest BCUT2D eigenvalue weighted by Gasteiger charge is 2.56. The molecule has 1 fully saturated rings. The van der Waals surface area contributed by atoms with Crippen LogP contribution in [0.2, 0.25) is 0 Å². The number of nitrogens with one attached hydrogen (secondary N) is 2. The molecule has 10 nitrogen and oxygen atoms in total. The quantitative estimate of drug-likeness (QED) is 0.212. The number of benzene rings is 3. The third-order valence-corrected chi connectivity index (χ3v) is 8.83. The predicted octanol–water partition coefficient (Wildman–Crippen LogP) is 5.61. The van der Waals surface area contributed by atoms with E-state index in [0.29, 0.717) is 11.1 Å². The standard InChI is InChI=1S/C34H35F4N5O5/c1-23(26-15-25(18-35)16-28(17-26)34(36,37)38)48-21-33(27-11-7-4-8-12-27)14-13-32(29(44)39-2,43-22-40-41-30(43)45)20-42(33)31(46)47-19-24-9-5-3-6-10-24/h3-12,15-17,22-23H,13-14,18-21H2,1-2H3,(H,39,44)(H,41,45)/t23-,32?,33-/m1/s1. The summed E-state index contributed by atoms with van der Waals surface area (Å²) in [5.41, 5.74) is -3.35. The van der Waals surface area contributed by atoms with E-state index in [1.807, 2.05) is 6.07 Å². The zero-order chi connectivity index (χ0) is 34.5. The van der Waals surface area contributed by atoms with Crippen LogP contribution in [0.3, 0.4) is 0 Å². The van der Waals surface area contributed by atoms with E-state index in [0.717, 1.165) is 16.7 Å². The number of aromatic nitrogens is 3. The fourth-order valence-electron chi connectivity index (χ4n) is 6.19. The van der Waals surface area contributed by atoms with Crippen molar-refractivity contribution in [1.82, 2.24) is 25.0 Å². The lowest BCUT2D eigenvalue weighted by Crippen LogP contribution is -2.67. The molecule has 1 unspecified atom stereocenters. The Balaban J connectivity index is 1.58. The second kappa shape index (κ2) is 14.0. The normalized spacial score (nSPS) is 20.2. The molecule has 0 spiro atoms. The lowest BCUT2D eigenvalue weighted by Gasteiger charge is -2.52. The Morgan fingerprint density at radius 3 is 2.31 bits per heavy atom. The number of carbonyl (C=O) groups excluding carboxylic acids is 2. The number of carbonyl (C=O) groups is 2. The molecule has 1 aliphatic rings. The summed E-state index contributed by atoms with van der Waals surface area (Å²) in [4.78, 5) is 42.0. The molecular formula is C34H35F4N5O5. The van der Waals surface area contributed by atoms with E-state index < -0.39 is 53.3 Å². The molecule has 0 saturated carbocycles. The van der Waals surface area contributed by atoms with Crippen molar-refractivity contribution in [3.63, 3.8) is 0 Å². The van der Waals surface area contributed by atoms with Crippen LogP contribution in [-0.2, 0) is 44.8 Å². The number of halogens is 4. The minimum atomic E-state index is -4.71. The molecular weight excluding hydrogens is 634 g/mol. The van der Waals surface area contributed by atoms with Gasteiger partial charge in [0, 0.05) is 7.05 Å². The second-order valence-corrected chi connectivity index (χ2v) is 11.7. The lowest BCUT2D eigenvalue weighted by atomic mass is 9.74. The molecule has 3 atom stereocenters. The number of likely N-dealkylation sites (tertiary alicyclic amines) is 1. The second-order valence-electron chi connectivity index (χ2n) is 11.7. The van der Waals surface area contributed by atoms with Gasteiger partial charge in [-0.3, -0.25) is 14.3 Å². The van der Waals surface area contributed by atoms with Crippen molar-refractivity contribution < 1.29 is 36.6 Å². The number of aromatic amines is 1. The molecule has 254 valence electrons. The van der Waals surface area contributed by atoms with E-state index in [-0.39, 0.29) is 43.7 Å². The maximum Gasteiger partial charge on any atom is 0.416 e. The minimum Gasteiger partial charge on any atom is -0.445 e. The van der Waals surface area contributed by atoms with Crippen molar-refractivity contribution in [3.05, 3.63) is 123 Å². The average Bonchev–Trinajstić information content (AvgIpc) is 3.55. The third kappa shape index (κ3) is 6.84. The van der Waals surface area contributed by atoms with E-state index in [1.54, 1.807) is 54.6 Å². The van der Waals surface area contributed by atoms with E-state index in [4.69, 9.17) is 9.47 Å². The van der Waals surface area contributed by atoms with E-state index >= 15 is 0 Å². The summed E-state index contributed by atoms with van der Waals surface area (Å²) < 4.78 is 67.8. The van der Waals surface area contributed by atoms with E-state index in [1.165, 1.54) is 31.3 Å². The highest BCUT2D eigenvalue weighted by molar-refractivity contribution is 5.85.